The van der Waals surface area contributed by atoms with Gasteiger partial charge in [-0.3, -0.25) is 0 Å². The highest BCUT2D eigenvalue weighted by Gasteiger charge is 2.15. The number of aromatic nitrogens is 2. The number of nitrogen functional groups attached to an aromatic ring is 1. The number of hydrogen-bond acceptors (Lipinski definition) is 7. The third kappa shape index (κ3) is 5.36. The van der Waals surface area contributed by atoms with E-state index in [-0.39, 0.29) is 24.9 Å². The molecule has 130 valence electrons. The Bertz CT molecular complexity index is 682. The molecule has 0 radical (unpaired) electrons. The molecule has 0 atom stereocenters. The van der Waals surface area contributed by atoms with Gasteiger partial charge in [0.1, 0.15) is 12.7 Å². The van der Waals surface area contributed by atoms with Crippen molar-refractivity contribution in [1.82, 2.24) is 9.55 Å². The number of carbonyl (C=O) groups excluding carboxylic acids is 1. The molecule has 2 aromatic rings. The van der Waals surface area contributed by atoms with Crippen LogP contribution in [0.2, 0.25) is 0 Å². The fourth-order valence-corrected chi connectivity index (χ4v) is 1.81. The molecule has 0 aliphatic carbocycles. The van der Waals surface area contributed by atoms with E-state index in [9.17, 15) is 14.9 Å². The van der Waals surface area contributed by atoms with E-state index in [0.717, 1.165) is 0 Å². The summed E-state index contributed by atoms with van der Waals surface area (Å²) in [7, 11) is 0. The van der Waals surface area contributed by atoms with Gasteiger partial charge in [0.15, 0.2) is 5.82 Å². The summed E-state index contributed by atoms with van der Waals surface area (Å²) >= 11 is 0. The predicted molar refractivity (Wildman–Crippen MR) is 87.5 cm³/mol. The number of rotatable bonds is 5. The van der Waals surface area contributed by atoms with E-state index in [1.807, 2.05) is 0 Å². The number of ether oxygens (including phenoxy) is 1. The minimum absolute atomic E-state index is 0.0819. The Labute approximate surface area is 138 Å². The molecule has 1 heterocycles. The minimum atomic E-state index is -0.518. The quantitative estimate of drug-likeness (QED) is 0.366. The zero-order valence-electron chi connectivity index (χ0n) is 13.5. The maximum atomic E-state index is 11.1. The fourth-order valence-electron chi connectivity index (χ4n) is 1.81. The molecule has 0 saturated carbocycles. The Hall–Kier alpha value is -2.94. The molecule has 1 aromatic carbocycles. The largest absolute Gasteiger partial charge is 0.462 e. The number of hydrogen-bond donors (Lipinski definition) is 2. The molecule has 24 heavy (non-hydrogen) atoms. The maximum absolute atomic E-state index is 11.1. The molecule has 0 bridgehead atoms. The van der Waals surface area contributed by atoms with Gasteiger partial charge >= 0.3 is 11.8 Å². The number of aliphatic hydroxyl groups is 1. The lowest BCUT2D eigenvalue weighted by Gasteiger charge is -2.00. The first kappa shape index (κ1) is 19.1. The lowest BCUT2D eigenvalue weighted by atomic mass is 10.2. The Morgan fingerprint density at radius 2 is 2.04 bits per heavy atom. The van der Waals surface area contributed by atoms with Crippen molar-refractivity contribution in [3.05, 3.63) is 52.0 Å². The van der Waals surface area contributed by atoms with Gasteiger partial charge in [-0.25, -0.2) is 14.3 Å². The average Bonchev–Trinajstić information content (AvgIpc) is 2.91. The van der Waals surface area contributed by atoms with E-state index >= 15 is 0 Å². The van der Waals surface area contributed by atoms with Crippen LogP contribution in [0.3, 0.4) is 0 Å². The van der Waals surface area contributed by atoms with Crippen LogP contribution >= 0.6 is 0 Å². The van der Waals surface area contributed by atoms with Crippen molar-refractivity contribution in [2.45, 2.75) is 20.4 Å². The summed E-state index contributed by atoms with van der Waals surface area (Å²) in [6.07, 6.45) is 1.19. The number of nitro groups is 1. The van der Waals surface area contributed by atoms with Crippen LogP contribution in [0.4, 0.5) is 11.5 Å². The van der Waals surface area contributed by atoms with Crippen molar-refractivity contribution in [3.63, 3.8) is 0 Å². The normalized spacial score (nSPS) is 9.79. The van der Waals surface area contributed by atoms with Crippen molar-refractivity contribution in [1.29, 1.82) is 0 Å². The van der Waals surface area contributed by atoms with Gasteiger partial charge in [0.05, 0.1) is 18.8 Å². The first-order chi connectivity index (χ1) is 11.4. The molecule has 9 nitrogen and oxygen atoms in total. The molecular formula is C15H20N4O5. The van der Waals surface area contributed by atoms with E-state index < -0.39 is 4.92 Å². The predicted octanol–water partition coefficient (Wildman–Crippen LogP) is 1.54. The number of nitrogens with two attached hydrogens (primary N) is 1. The zero-order chi connectivity index (χ0) is 18.1. The molecule has 0 unspecified atom stereocenters. The third-order valence-corrected chi connectivity index (χ3v) is 2.97. The SMILES string of the molecule is CCOC(=O)c1ccc(N)cc1.Cc1ncc([N+](=O)[O-])n1CCO. The van der Waals surface area contributed by atoms with Gasteiger partial charge in [-0.15, -0.1) is 0 Å². The van der Waals surface area contributed by atoms with Gasteiger partial charge < -0.3 is 25.7 Å². The van der Waals surface area contributed by atoms with Gasteiger partial charge in [-0.05, 0) is 36.1 Å². The standard InChI is InChI=1S/C9H11NO2.C6H9N3O3/c1-2-12-9(11)7-3-5-8(10)6-4-7;1-5-7-4-6(9(11)12)8(5)2-3-10/h3-6H,2,10H2,1H3;4,10H,2-3H2,1H3. The van der Waals surface area contributed by atoms with Crippen molar-refractivity contribution >= 4 is 17.5 Å². The molecule has 0 spiro atoms. The summed E-state index contributed by atoms with van der Waals surface area (Å²) in [6, 6.07) is 6.64. The van der Waals surface area contributed by atoms with Gasteiger partial charge in [-0.1, -0.05) is 0 Å². The minimum Gasteiger partial charge on any atom is -0.462 e. The Kier molecular flexibility index (Phi) is 7.37. The monoisotopic (exact) mass is 336 g/mol. The Balaban J connectivity index is 0.000000240. The second-order valence-corrected chi connectivity index (χ2v) is 4.64. The smallest absolute Gasteiger partial charge is 0.342 e. The van der Waals surface area contributed by atoms with Crippen LogP contribution in [0.25, 0.3) is 0 Å². The molecule has 0 fully saturated rings. The molecule has 2 rings (SSSR count). The van der Waals surface area contributed by atoms with Crippen molar-refractivity contribution in [2.75, 3.05) is 18.9 Å². The van der Waals surface area contributed by atoms with E-state index in [1.165, 1.54) is 10.8 Å². The third-order valence-electron chi connectivity index (χ3n) is 2.97. The maximum Gasteiger partial charge on any atom is 0.342 e. The van der Waals surface area contributed by atoms with Gasteiger partial charge in [-0.2, -0.15) is 0 Å². The highest BCUT2D eigenvalue weighted by Crippen LogP contribution is 2.12. The summed E-state index contributed by atoms with van der Waals surface area (Å²) < 4.78 is 6.15. The topological polar surface area (TPSA) is 134 Å². The molecular weight excluding hydrogens is 316 g/mol. The molecule has 0 saturated heterocycles. The number of anilines is 1. The fraction of sp³-hybridized carbons (Fsp3) is 0.333. The number of benzene rings is 1. The number of carbonyl (C=O) groups is 1. The molecule has 0 aliphatic heterocycles. The molecule has 0 amide bonds. The highest BCUT2D eigenvalue weighted by atomic mass is 16.6. The van der Waals surface area contributed by atoms with Gasteiger partial charge in [0.25, 0.3) is 0 Å². The Morgan fingerprint density at radius 1 is 1.42 bits per heavy atom. The summed E-state index contributed by atoms with van der Waals surface area (Å²) in [5.74, 6) is 0.148. The van der Waals surface area contributed by atoms with E-state index in [4.69, 9.17) is 15.6 Å². The first-order valence-corrected chi connectivity index (χ1v) is 7.20. The van der Waals surface area contributed by atoms with E-state index in [2.05, 4.69) is 4.98 Å². The zero-order valence-corrected chi connectivity index (χ0v) is 13.5. The van der Waals surface area contributed by atoms with Crippen LogP contribution in [0.1, 0.15) is 23.1 Å². The van der Waals surface area contributed by atoms with Crippen LogP contribution in [0, 0.1) is 17.0 Å². The number of esters is 1. The molecule has 9 heteroatoms. The van der Waals surface area contributed by atoms with Crippen molar-refractivity contribution in [3.8, 4) is 0 Å². The van der Waals surface area contributed by atoms with Crippen molar-refractivity contribution < 1.29 is 19.6 Å². The molecule has 1 aromatic heterocycles. The van der Waals surface area contributed by atoms with Crippen LogP contribution in [-0.2, 0) is 11.3 Å². The summed E-state index contributed by atoms with van der Waals surface area (Å²) in [5.41, 5.74) is 6.62. The van der Waals surface area contributed by atoms with Crippen LogP contribution < -0.4 is 5.73 Å². The Morgan fingerprint density at radius 3 is 2.54 bits per heavy atom. The van der Waals surface area contributed by atoms with Crippen LogP contribution in [-0.4, -0.2) is 38.8 Å². The summed E-state index contributed by atoms with van der Waals surface area (Å²) in [5, 5.41) is 19.0. The van der Waals surface area contributed by atoms with Gasteiger partial charge in [0, 0.05) is 12.6 Å². The molecule has 0 aliphatic rings. The highest BCUT2D eigenvalue weighted by molar-refractivity contribution is 5.89. The number of aliphatic hydroxyl groups excluding tert-OH is 1. The van der Waals surface area contributed by atoms with Gasteiger partial charge in [0.2, 0.25) is 0 Å². The average molecular weight is 336 g/mol. The molecule has 3 N–H and O–H groups in total. The van der Waals surface area contributed by atoms with Crippen LogP contribution in [0.15, 0.2) is 30.5 Å². The number of aryl methyl sites for hydroxylation is 1. The number of imidazole rings is 1. The summed E-state index contributed by atoms with van der Waals surface area (Å²) in [4.78, 5) is 24.7. The first-order valence-electron chi connectivity index (χ1n) is 7.20. The summed E-state index contributed by atoms with van der Waals surface area (Å²) in [6.45, 7) is 3.90. The second kappa shape index (κ2) is 9.26. The van der Waals surface area contributed by atoms with E-state index in [1.54, 1.807) is 38.1 Å². The van der Waals surface area contributed by atoms with Crippen molar-refractivity contribution in [2.24, 2.45) is 0 Å². The number of nitrogens with zero attached hydrogens (tertiary/aromatic N) is 3. The lowest BCUT2D eigenvalue weighted by molar-refractivity contribution is -0.392. The van der Waals surface area contributed by atoms with E-state index in [0.29, 0.717) is 23.7 Å². The second-order valence-electron chi connectivity index (χ2n) is 4.64. The lowest BCUT2D eigenvalue weighted by Crippen LogP contribution is -2.07. The van der Waals surface area contributed by atoms with Crippen LogP contribution in [0.5, 0.6) is 0 Å².